The average Bonchev–Trinajstić information content (AvgIpc) is 2.69. The van der Waals surface area contributed by atoms with Crippen LogP contribution in [0.2, 0.25) is 0 Å². The summed E-state index contributed by atoms with van der Waals surface area (Å²) in [5.74, 6) is 1.12. The Labute approximate surface area is 151 Å². The molecule has 1 saturated heterocycles. The number of hydrogen-bond donors (Lipinski definition) is 0. The third kappa shape index (κ3) is 3.93. The number of piperazine rings is 1. The molecule has 2 aromatic rings. The molecule has 0 atom stereocenters. The summed E-state index contributed by atoms with van der Waals surface area (Å²) >= 11 is 0. The predicted octanol–water partition coefficient (Wildman–Crippen LogP) is 4.01. The topological polar surface area (TPSA) is 19.4 Å². The molecule has 3 heteroatoms. The van der Waals surface area contributed by atoms with Gasteiger partial charge in [0.2, 0.25) is 0 Å². The van der Waals surface area contributed by atoms with Crippen molar-refractivity contribution in [3.8, 4) is 0 Å². The van der Waals surface area contributed by atoms with Gasteiger partial charge in [-0.15, -0.1) is 0 Å². The molecule has 1 aromatic heterocycles. The first-order valence-corrected chi connectivity index (χ1v) is 9.56. The Kier molecular flexibility index (Phi) is 5.12. The Morgan fingerprint density at radius 3 is 2.60 bits per heavy atom. The molecule has 1 aliphatic heterocycles. The van der Waals surface area contributed by atoms with E-state index in [4.69, 9.17) is 0 Å². The standard InChI is InChI=1S/C22H27N3/c1-2-11-21-19(7-1)8-5-9-20(21)10-6-14-24-15-17-25(18-16-24)22-12-3-4-13-23-22/h1-4,7,9,11-13H,5-6,8,10,14-18H2. The highest BCUT2D eigenvalue weighted by molar-refractivity contribution is 5.70. The van der Waals surface area contributed by atoms with E-state index >= 15 is 0 Å². The summed E-state index contributed by atoms with van der Waals surface area (Å²) in [6.45, 7) is 5.67. The van der Waals surface area contributed by atoms with Crippen molar-refractivity contribution >= 4 is 11.4 Å². The van der Waals surface area contributed by atoms with Crippen LogP contribution in [0.25, 0.3) is 5.57 Å². The van der Waals surface area contributed by atoms with E-state index in [1.807, 2.05) is 12.3 Å². The van der Waals surface area contributed by atoms with Crippen LogP contribution in [-0.2, 0) is 6.42 Å². The second-order valence-electron chi connectivity index (χ2n) is 7.05. The molecule has 4 rings (SSSR count). The van der Waals surface area contributed by atoms with Gasteiger partial charge >= 0.3 is 0 Å². The number of anilines is 1. The Morgan fingerprint density at radius 1 is 0.920 bits per heavy atom. The number of benzene rings is 1. The fourth-order valence-corrected chi connectivity index (χ4v) is 4.03. The summed E-state index contributed by atoms with van der Waals surface area (Å²) in [7, 11) is 0. The number of fused-ring (bicyclic) bond motifs is 1. The maximum Gasteiger partial charge on any atom is 0.128 e. The van der Waals surface area contributed by atoms with E-state index in [1.165, 1.54) is 43.4 Å². The SMILES string of the molecule is C1=C(CCCN2CCN(c3ccccn3)CC2)c2ccccc2CC1. The Morgan fingerprint density at radius 2 is 1.76 bits per heavy atom. The molecule has 0 bridgehead atoms. The van der Waals surface area contributed by atoms with Crippen LogP contribution in [0.15, 0.2) is 54.7 Å². The van der Waals surface area contributed by atoms with Crippen molar-refractivity contribution in [3.63, 3.8) is 0 Å². The molecule has 1 aromatic carbocycles. The van der Waals surface area contributed by atoms with Crippen LogP contribution < -0.4 is 4.90 Å². The van der Waals surface area contributed by atoms with Gasteiger partial charge in [-0.1, -0.05) is 36.4 Å². The summed E-state index contributed by atoms with van der Waals surface area (Å²) in [5.41, 5.74) is 4.59. The summed E-state index contributed by atoms with van der Waals surface area (Å²) in [6, 6.07) is 15.1. The molecular formula is C22H27N3. The molecule has 1 fully saturated rings. The van der Waals surface area contributed by atoms with E-state index in [1.54, 1.807) is 5.57 Å². The highest BCUT2D eigenvalue weighted by Crippen LogP contribution is 2.29. The molecule has 0 spiro atoms. The first kappa shape index (κ1) is 16.3. The molecule has 0 amide bonds. The third-order valence-electron chi connectivity index (χ3n) is 5.43. The minimum Gasteiger partial charge on any atom is -0.354 e. The van der Waals surface area contributed by atoms with E-state index in [2.05, 4.69) is 57.3 Å². The number of allylic oxidation sites excluding steroid dienone is 2. The summed E-state index contributed by atoms with van der Waals surface area (Å²) in [4.78, 5) is 9.48. The fraction of sp³-hybridized carbons (Fsp3) is 0.409. The quantitative estimate of drug-likeness (QED) is 0.824. The maximum atomic E-state index is 4.47. The predicted molar refractivity (Wildman–Crippen MR) is 105 cm³/mol. The van der Waals surface area contributed by atoms with Crippen molar-refractivity contribution in [2.75, 3.05) is 37.6 Å². The average molecular weight is 333 g/mol. The zero-order valence-electron chi connectivity index (χ0n) is 14.9. The van der Waals surface area contributed by atoms with E-state index in [-0.39, 0.29) is 0 Å². The Balaban J connectivity index is 1.25. The molecular weight excluding hydrogens is 306 g/mol. The van der Waals surface area contributed by atoms with Crippen LogP contribution in [0.4, 0.5) is 5.82 Å². The van der Waals surface area contributed by atoms with Gasteiger partial charge in [-0.25, -0.2) is 4.98 Å². The molecule has 2 aliphatic rings. The smallest absolute Gasteiger partial charge is 0.128 e. The van der Waals surface area contributed by atoms with Crippen molar-refractivity contribution in [3.05, 3.63) is 65.9 Å². The lowest BCUT2D eigenvalue weighted by molar-refractivity contribution is 0.255. The number of hydrogen-bond acceptors (Lipinski definition) is 3. The van der Waals surface area contributed by atoms with Crippen LogP contribution in [0.1, 0.15) is 30.4 Å². The largest absolute Gasteiger partial charge is 0.354 e. The number of nitrogens with zero attached hydrogens (tertiary/aromatic N) is 3. The zero-order valence-corrected chi connectivity index (χ0v) is 14.9. The lowest BCUT2D eigenvalue weighted by atomic mass is 9.88. The first-order chi connectivity index (χ1) is 12.4. The zero-order chi connectivity index (χ0) is 16.9. The number of rotatable bonds is 5. The van der Waals surface area contributed by atoms with Crippen molar-refractivity contribution in [2.45, 2.75) is 25.7 Å². The van der Waals surface area contributed by atoms with Gasteiger partial charge in [-0.05, 0) is 61.1 Å². The second-order valence-corrected chi connectivity index (χ2v) is 7.05. The van der Waals surface area contributed by atoms with Crippen LogP contribution >= 0.6 is 0 Å². The molecule has 25 heavy (non-hydrogen) atoms. The Hall–Kier alpha value is -2.13. The van der Waals surface area contributed by atoms with Gasteiger partial charge in [0.15, 0.2) is 0 Å². The third-order valence-corrected chi connectivity index (χ3v) is 5.43. The van der Waals surface area contributed by atoms with E-state index < -0.39 is 0 Å². The van der Waals surface area contributed by atoms with Crippen LogP contribution in [-0.4, -0.2) is 42.6 Å². The summed E-state index contributed by atoms with van der Waals surface area (Å²) in [6.07, 6.45) is 9.21. The molecule has 3 nitrogen and oxygen atoms in total. The van der Waals surface area contributed by atoms with Crippen LogP contribution in [0.5, 0.6) is 0 Å². The van der Waals surface area contributed by atoms with Crippen molar-refractivity contribution in [1.29, 1.82) is 0 Å². The number of aryl methyl sites for hydroxylation is 1. The molecule has 2 heterocycles. The van der Waals surface area contributed by atoms with E-state index in [9.17, 15) is 0 Å². The van der Waals surface area contributed by atoms with Gasteiger partial charge in [-0.3, -0.25) is 4.90 Å². The van der Waals surface area contributed by atoms with Crippen molar-refractivity contribution in [1.82, 2.24) is 9.88 Å². The fourth-order valence-electron chi connectivity index (χ4n) is 4.03. The van der Waals surface area contributed by atoms with Gasteiger partial charge in [-0.2, -0.15) is 0 Å². The maximum absolute atomic E-state index is 4.47. The molecule has 0 N–H and O–H groups in total. The minimum absolute atomic E-state index is 1.09. The minimum atomic E-state index is 1.09. The number of pyridine rings is 1. The van der Waals surface area contributed by atoms with E-state index in [0.29, 0.717) is 0 Å². The normalized spacial score (nSPS) is 17.9. The monoisotopic (exact) mass is 333 g/mol. The van der Waals surface area contributed by atoms with Crippen molar-refractivity contribution < 1.29 is 0 Å². The highest BCUT2D eigenvalue weighted by atomic mass is 15.3. The lowest BCUT2D eigenvalue weighted by Crippen LogP contribution is -2.46. The molecule has 0 unspecified atom stereocenters. The summed E-state index contributed by atoms with van der Waals surface area (Å²) < 4.78 is 0. The Bertz CT molecular complexity index is 715. The lowest BCUT2D eigenvalue weighted by Gasteiger charge is -2.35. The highest BCUT2D eigenvalue weighted by Gasteiger charge is 2.18. The van der Waals surface area contributed by atoms with Crippen LogP contribution in [0.3, 0.4) is 0 Å². The molecule has 130 valence electrons. The first-order valence-electron chi connectivity index (χ1n) is 9.56. The molecule has 1 aliphatic carbocycles. The van der Waals surface area contributed by atoms with Crippen molar-refractivity contribution in [2.24, 2.45) is 0 Å². The second kappa shape index (κ2) is 7.83. The molecule has 0 saturated carbocycles. The van der Waals surface area contributed by atoms with Gasteiger partial charge < -0.3 is 4.90 Å². The molecule has 0 radical (unpaired) electrons. The number of aromatic nitrogens is 1. The van der Waals surface area contributed by atoms with Gasteiger partial charge in [0.05, 0.1) is 0 Å². The summed E-state index contributed by atoms with van der Waals surface area (Å²) in [5, 5.41) is 0. The van der Waals surface area contributed by atoms with Gasteiger partial charge in [0.25, 0.3) is 0 Å². The van der Waals surface area contributed by atoms with E-state index in [0.717, 1.165) is 32.0 Å². The van der Waals surface area contributed by atoms with Gasteiger partial charge in [0, 0.05) is 32.4 Å². The van der Waals surface area contributed by atoms with Crippen LogP contribution in [0, 0.1) is 0 Å². The van der Waals surface area contributed by atoms with Gasteiger partial charge in [0.1, 0.15) is 5.82 Å².